The summed E-state index contributed by atoms with van der Waals surface area (Å²) < 4.78 is 5.16. The van der Waals surface area contributed by atoms with E-state index >= 15 is 0 Å². The molecule has 0 radical (unpaired) electrons. The number of alkyl carbamates (subject to hydrolysis) is 1. The van der Waals surface area contributed by atoms with Gasteiger partial charge in [0, 0.05) is 38.9 Å². The molecule has 8 heteroatoms. The summed E-state index contributed by atoms with van der Waals surface area (Å²) >= 11 is 0. The third-order valence-electron chi connectivity index (χ3n) is 4.55. The minimum Gasteiger partial charge on any atom is -0.444 e. The highest BCUT2D eigenvalue weighted by Gasteiger charge is 2.21. The highest BCUT2D eigenvalue weighted by Crippen LogP contribution is 2.14. The number of nitrogens with one attached hydrogen (secondary N) is 2. The maximum Gasteiger partial charge on any atom is 0.408 e. The smallest absolute Gasteiger partial charge is 0.408 e. The maximum atomic E-state index is 12.2. The number of rotatable bonds is 6. The lowest BCUT2D eigenvalue weighted by Gasteiger charge is -2.34. The Labute approximate surface area is 167 Å². The van der Waals surface area contributed by atoms with Crippen LogP contribution < -0.4 is 15.5 Å². The van der Waals surface area contributed by atoms with E-state index in [1.807, 2.05) is 12.1 Å². The van der Waals surface area contributed by atoms with Crippen LogP contribution in [0.3, 0.4) is 0 Å². The van der Waals surface area contributed by atoms with Crippen LogP contribution in [0.5, 0.6) is 0 Å². The first-order chi connectivity index (χ1) is 13.2. The van der Waals surface area contributed by atoms with Crippen LogP contribution in [0.25, 0.3) is 0 Å². The first-order valence-corrected chi connectivity index (χ1v) is 9.87. The number of carbonyl (C=O) groups is 2. The number of hydrogen-bond donors (Lipinski definition) is 2. The second-order valence-electron chi connectivity index (χ2n) is 8.03. The summed E-state index contributed by atoms with van der Waals surface area (Å²) in [5.74, 6) is 0.691. The van der Waals surface area contributed by atoms with Gasteiger partial charge in [-0.3, -0.25) is 4.79 Å². The fraction of sp³-hybridized carbons (Fsp3) is 0.650. The second kappa shape index (κ2) is 9.73. The number of nitrogens with zero attached hydrogens (tertiary/aromatic N) is 3. The van der Waals surface area contributed by atoms with Crippen LogP contribution in [0, 0.1) is 0 Å². The van der Waals surface area contributed by atoms with E-state index < -0.39 is 17.7 Å². The number of piperazine rings is 1. The van der Waals surface area contributed by atoms with Crippen molar-refractivity contribution in [2.75, 3.05) is 37.6 Å². The van der Waals surface area contributed by atoms with Gasteiger partial charge in [-0.15, -0.1) is 0 Å². The van der Waals surface area contributed by atoms with E-state index in [4.69, 9.17) is 4.74 Å². The molecule has 1 saturated heterocycles. The molecule has 0 bridgehead atoms. The minimum atomic E-state index is -0.683. The van der Waals surface area contributed by atoms with Crippen molar-refractivity contribution in [1.29, 1.82) is 0 Å². The lowest BCUT2D eigenvalue weighted by atomic mass is 10.2. The van der Waals surface area contributed by atoms with E-state index in [0.717, 1.165) is 44.1 Å². The SMILES string of the molecule is CCN1CCN(c2ccc(CNC(=O)[C@@H](C)NC(=O)OC(C)(C)C)cn2)CC1. The van der Waals surface area contributed by atoms with Crippen LogP contribution in [0.15, 0.2) is 18.3 Å². The monoisotopic (exact) mass is 391 g/mol. The molecule has 1 aliphatic heterocycles. The molecule has 2 rings (SSSR count). The summed E-state index contributed by atoms with van der Waals surface area (Å²) in [7, 11) is 0. The van der Waals surface area contributed by atoms with Crippen LogP contribution in [-0.4, -0.2) is 66.3 Å². The average Bonchev–Trinajstić information content (AvgIpc) is 2.65. The molecule has 28 heavy (non-hydrogen) atoms. The Morgan fingerprint density at radius 2 is 1.89 bits per heavy atom. The van der Waals surface area contributed by atoms with E-state index in [9.17, 15) is 9.59 Å². The summed E-state index contributed by atoms with van der Waals surface area (Å²) in [4.78, 5) is 33.2. The van der Waals surface area contributed by atoms with Gasteiger partial charge >= 0.3 is 6.09 Å². The fourth-order valence-corrected chi connectivity index (χ4v) is 2.89. The minimum absolute atomic E-state index is 0.273. The van der Waals surface area contributed by atoms with Gasteiger partial charge in [-0.1, -0.05) is 13.0 Å². The molecule has 0 aromatic carbocycles. The number of pyridine rings is 1. The zero-order valence-electron chi connectivity index (χ0n) is 17.6. The number of carbonyl (C=O) groups excluding carboxylic acids is 2. The van der Waals surface area contributed by atoms with Crippen molar-refractivity contribution >= 4 is 17.8 Å². The third kappa shape index (κ3) is 6.99. The Balaban J connectivity index is 1.78. The Bertz CT molecular complexity index is 649. The van der Waals surface area contributed by atoms with Gasteiger partial charge in [0.15, 0.2) is 0 Å². The molecule has 2 amide bonds. The van der Waals surface area contributed by atoms with Crippen molar-refractivity contribution in [3.63, 3.8) is 0 Å². The number of anilines is 1. The predicted molar refractivity (Wildman–Crippen MR) is 109 cm³/mol. The Hall–Kier alpha value is -2.35. The molecule has 2 N–H and O–H groups in total. The molecule has 1 atom stereocenters. The summed E-state index contributed by atoms with van der Waals surface area (Å²) in [6, 6.07) is 3.28. The van der Waals surface area contributed by atoms with Crippen LogP contribution in [0.4, 0.5) is 10.6 Å². The van der Waals surface area contributed by atoms with Crippen LogP contribution >= 0.6 is 0 Å². The van der Waals surface area contributed by atoms with Gasteiger partial charge in [0.1, 0.15) is 17.5 Å². The zero-order chi connectivity index (χ0) is 20.7. The van der Waals surface area contributed by atoms with Crippen molar-refractivity contribution in [1.82, 2.24) is 20.5 Å². The van der Waals surface area contributed by atoms with Crippen LogP contribution in [0.1, 0.15) is 40.2 Å². The molecule has 1 aromatic rings. The van der Waals surface area contributed by atoms with Gasteiger partial charge in [-0.2, -0.15) is 0 Å². The molecule has 156 valence electrons. The number of ether oxygens (including phenoxy) is 1. The van der Waals surface area contributed by atoms with Crippen molar-refractivity contribution < 1.29 is 14.3 Å². The normalized spacial score (nSPS) is 16.4. The standard InChI is InChI=1S/C20H33N5O3/c1-6-24-9-11-25(12-10-24)17-8-7-16(13-21-17)14-22-18(26)15(2)23-19(27)28-20(3,4)5/h7-8,13,15H,6,9-12,14H2,1-5H3,(H,22,26)(H,23,27)/t15-/m1/s1. The highest BCUT2D eigenvalue weighted by molar-refractivity contribution is 5.85. The van der Waals surface area contributed by atoms with Gasteiger partial charge in [0.05, 0.1) is 0 Å². The highest BCUT2D eigenvalue weighted by atomic mass is 16.6. The predicted octanol–water partition coefficient (Wildman–Crippen LogP) is 1.75. The molecule has 1 aromatic heterocycles. The maximum absolute atomic E-state index is 12.2. The van der Waals surface area contributed by atoms with Gasteiger partial charge < -0.3 is 25.2 Å². The summed E-state index contributed by atoms with van der Waals surface area (Å²) in [5, 5.41) is 5.34. The molecule has 0 unspecified atom stereocenters. The lowest BCUT2D eigenvalue weighted by Crippen LogP contribution is -2.46. The van der Waals surface area contributed by atoms with Crippen molar-refractivity contribution in [2.24, 2.45) is 0 Å². The number of aromatic nitrogens is 1. The molecule has 2 heterocycles. The molecule has 1 fully saturated rings. The first-order valence-electron chi connectivity index (χ1n) is 9.87. The summed E-state index contributed by atoms with van der Waals surface area (Å²) in [6.07, 6.45) is 1.18. The van der Waals surface area contributed by atoms with E-state index in [1.165, 1.54) is 0 Å². The molecular formula is C20H33N5O3. The summed E-state index contributed by atoms with van der Waals surface area (Å²) in [6.45, 7) is 14.6. The molecule has 0 saturated carbocycles. The lowest BCUT2D eigenvalue weighted by molar-refractivity contribution is -0.122. The van der Waals surface area contributed by atoms with Crippen molar-refractivity contribution in [3.05, 3.63) is 23.9 Å². The van der Waals surface area contributed by atoms with E-state index in [-0.39, 0.29) is 5.91 Å². The number of likely N-dealkylation sites (N-methyl/N-ethyl adjacent to an activating group) is 1. The Kier molecular flexibility index (Phi) is 7.62. The van der Waals surface area contributed by atoms with E-state index in [1.54, 1.807) is 33.9 Å². The quantitative estimate of drug-likeness (QED) is 0.768. The van der Waals surface area contributed by atoms with Gasteiger partial charge in [-0.25, -0.2) is 9.78 Å². The zero-order valence-corrected chi connectivity index (χ0v) is 17.6. The van der Waals surface area contributed by atoms with Gasteiger partial charge in [0.25, 0.3) is 0 Å². The molecule has 0 spiro atoms. The molecule has 0 aliphatic carbocycles. The molecule has 8 nitrogen and oxygen atoms in total. The second-order valence-corrected chi connectivity index (χ2v) is 8.03. The first kappa shape index (κ1) is 21.9. The average molecular weight is 392 g/mol. The number of amides is 2. The van der Waals surface area contributed by atoms with E-state index in [2.05, 4.69) is 32.3 Å². The van der Waals surface area contributed by atoms with Crippen LogP contribution in [-0.2, 0) is 16.1 Å². The van der Waals surface area contributed by atoms with Crippen molar-refractivity contribution in [2.45, 2.75) is 52.8 Å². The molecule has 1 aliphatic rings. The van der Waals surface area contributed by atoms with Gasteiger partial charge in [0.2, 0.25) is 5.91 Å². The van der Waals surface area contributed by atoms with Crippen LogP contribution in [0.2, 0.25) is 0 Å². The molecular weight excluding hydrogens is 358 g/mol. The Morgan fingerprint density at radius 3 is 2.43 bits per heavy atom. The van der Waals surface area contributed by atoms with E-state index in [0.29, 0.717) is 6.54 Å². The van der Waals surface area contributed by atoms with Crippen molar-refractivity contribution in [3.8, 4) is 0 Å². The Morgan fingerprint density at radius 1 is 1.21 bits per heavy atom. The summed E-state index contributed by atoms with van der Waals surface area (Å²) in [5.41, 5.74) is 0.311. The fourth-order valence-electron chi connectivity index (χ4n) is 2.89. The largest absolute Gasteiger partial charge is 0.444 e. The topological polar surface area (TPSA) is 86.8 Å². The number of hydrogen-bond acceptors (Lipinski definition) is 6. The third-order valence-corrected chi connectivity index (χ3v) is 4.55. The van der Waals surface area contributed by atoms with Gasteiger partial charge in [-0.05, 0) is 45.9 Å².